The number of fused-ring (bicyclic) bond motifs is 1. The molecule has 0 radical (unpaired) electrons. The summed E-state index contributed by atoms with van der Waals surface area (Å²) in [5, 5.41) is 6.51. The van der Waals surface area contributed by atoms with Crippen molar-refractivity contribution in [2.45, 2.75) is 12.8 Å². The van der Waals surface area contributed by atoms with Crippen molar-refractivity contribution < 1.29 is 4.79 Å². The monoisotopic (exact) mass is 314 g/mol. The number of hydrogen-bond acceptors (Lipinski definition) is 4. The van der Waals surface area contributed by atoms with Gasteiger partial charge in [0.2, 0.25) is 0 Å². The van der Waals surface area contributed by atoms with Gasteiger partial charge in [-0.3, -0.25) is 4.79 Å². The molecule has 0 saturated heterocycles. The van der Waals surface area contributed by atoms with Gasteiger partial charge in [0.05, 0.1) is 5.69 Å². The molecule has 22 heavy (non-hydrogen) atoms. The first kappa shape index (κ1) is 14.6. The van der Waals surface area contributed by atoms with E-state index in [4.69, 9.17) is 5.73 Å². The zero-order chi connectivity index (χ0) is 15.5. The van der Waals surface area contributed by atoms with Crippen LogP contribution in [0.3, 0.4) is 0 Å². The topological polar surface area (TPSA) is 72.9 Å². The Labute approximate surface area is 132 Å². The molecule has 3 aromatic rings. The number of amides is 1. The Bertz CT molecular complexity index is 805. The Morgan fingerprint density at radius 2 is 2.27 bits per heavy atom. The molecule has 0 aliphatic rings. The van der Waals surface area contributed by atoms with Gasteiger partial charge >= 0.3 is 0 Å². The number of thiazole rings is 1. The Hall–Kier alpha value is -2.34. The molecular formula is C16H18N4OS. The minimum Gasteiger partial charge on any atom is -0.375 e. The van der Waals surface area contributed by atoms with Crippen molar-refractivity contribution in [2.75, 3.05) is 12.3 Å². The lowest BCUT2D eigenvalue weighted by Gasteiger charge is -2.06. The third kappa shape index (κ3) is 2.96. The summed E-state index contributed by atoms with van der Waals surface area (Å²) < 4.78 is 2.01. The van der Waals surface area contributed by atoms with Gasteiger partial charge in [-0.05, 0) is 31.0 Å². The van der Waals surface area contributed by atoms with Crippen LogP contribution in [0.25, 0.3) is 10.9 Å². The summed E-state index contributed by atoms with van der Waals surface area (Å²) in [4.78, 5) is 16.5. The standard InChI is InChI=1S/C16H18N4OS/c1-20-9-7-12-13(5-2-6-14(12)20)15(21)18-8-3-4-11-10-22-16(17)19-11/h2,5-7,9-10H,3-4,8H2,1H3,(H2,17,19)(H,18,21). The molecule has 1 amide bonds. The van der Waals surface area contributed by atoms with Gasteiger partial charge in [-0.25, -0.2) is 4.98 Å². The summed E-state index contributed by atoms with van der Waals surface area (Å²) in [6, 6.07) is 7.76. The van der Waals surface area contributed by atoms with Crippen LogP contribution >= 0.6 is 11.3 Å². The fourth-order valence-corrected chi connectivity index (χ4v) is 3.10. The van der Waals surface area contributed by atoms with Gasteiger partial charge in [0.25, 0.3) is 5.91 Å². The van der Waals surface area contributed by atoms with Crippen molar-refractivity contribution in [3.8, 4) is 0 Å². The summed E-state index contributed by atoms with van der Waals surface area (Å²) in [6.45, 7) is 0.624. The molecule has 6 heteroatoms. The van der Waals surface area contributed by atoms with Crippen molar-refractivity contribution in [3.05, 3.63) is 47.1 Å². The minimum atomic E-state index is -0.0328. The first-order chi connectivity index (χ1) is 10.6. The molecule has 0 unspecified atom stereocenters. The van der Waals surface area contributed by atoms with Crippen LogP contribution in [-0.4, -0.2) is 22.0 Å². The van der Waals surface area contributed by atoms with E-state index in [1.807, 2.05) is 47.5 Å². The van der Waals surface area contributed by atoms with E-state index in [1.54, 1.807) is 0 Å². The van der Waals surface area contributed by atoms with Gasteiger partial charge in [-0.15, -0.1) is 11.3 Å². The predicted octanol–water partition coefficient (Wildman–Crippen LogP) is 2.58. The van der Waals surface area contributed by atoms with Gasteiger partial charge < -0.3 is 15.6 Å². The molecule has 0 aliphatic heterocycles. The number of nitrogens with two attached hydrogens (primary N) is 1. The zero-order valence-corrected chi connectivity index (χ0v) is 13.2. The highest BCUT2D eigenvalue weighted by atomic mass is 32.1. The number of nitrogens with zero attached hydrogens (tertiary/aromatic N) is 2. The number of rotatable bonds is 5. The van der Waals surface area contributed by atoms with E-state index < -0.39 is 0 Å². The minimum absolute atomic E-state index is 0.0328. The third-order valence-corrected chi connectivity index (χ3v) is 4.36. The van der Waals surface area contributed by atoms with Gasteiger partial charge in [0.15, 0.2) is 5.13 Å². The maximum Gasteiger partial charge on any atom is 0.251 e. The maximum absolute atomic E-state index is 12.3. The fraction of sp³-hybridized carbons (Fsp3) is 0.250. The zero-order valence-electron chi connectivity index (χ0n) is 12.4. The molecule has 114 valence electrons. The quantitative estimate of drug-likeness (QED) is 0.711. The number of anilines is 1. The number of carbonyl (C=O) groups is 1. The fourth-order valence-electron chi connectivity index (χ4n) is 2.50. The highest BCUT2D eigenvalue weighted by Crippen LogP contribution is 2.19. The van der Waals surface area contributed by atoms with E-state index in [1.165, 1.54) is 11.3 Å². The van der Waals surface area contributed by atoms with Crippen LogP contribution in [0.5, 0.6) is 0 Å². The molecule has 0 saturated carbocycles. The number of aromatic nitrogens is 2. The number of nitrogens with one attached hydrogen (secondary N) is 1. The molecule has 5 nitrogen and oxygen atoms in total. The SMILES string of the molecule is Cn1ccc2c(C(=O)NCCCc3csc(N)n3)cccc21. The summed E-state index contributed by atoms with van der Waals surface area (Å²) in [5.74, 6) is -0.0328. The lowest BCUT2D eigenvalue weighted by molar-refractivity contribution is 0.0955. The molecule has 2 aromatic heterocycles. The first-order valence-electron chi connectivity index (χ1n) is 7.17. The molecule has 0 fully saturated rings. The lowest BCUT2D eigenvalue weighted by Crippen LogP contribution is -2.24. The normalized spacial score (nSPS) is 11.0. The van der Waals surface area contributed by atoms with Crippen LogP contribution in [0.1, 0.15) is 22.5 Å². The number of carbonyl (C=O) groups excluding carboxylic acids is 1. The molecule has 2 heterocycles. The van der Waals surface area contributed by atoms with Gasteiger partial charge in [0.1, 0.15) is 0 Å². The molecule has 0 bridgehead atoms. The van der Waals surface area contributed by atoms with E-state index in [0.717, 1.165) is 35.0 Å². The van der Waals surface area contributed by atoms with Crippen LogP contribution in [0, 0.1) is 0 Å². The lowest BCUT2D eigenvalue weighted by atomic mass is 10.1. The Morgan fingerprint density at radius 1 is 1.41 bits per heavy atom. The van der Waals surface area contributed by atoms with Gasteiger partial charge in [0, 0.05) is 41.6 Å². The Morgan fingerprint density at radius 3 is 3.05 bits per heavy atom. The van der Waals surface area contributed by atoms with Crippen molar-refractivity contribution in [2.24, 2.45) is 7.05 Å². The summed E-state index contributed by atoms with van der Waals surface area (Å²) in [5.41, 5.74) is 8.36. The van der Waals surface area contributed by atoms with E-state index in [-0.39, 0.29) is 5.91 Å². The molecule has 0 atom stereocenters. The molecular weight excluding hydrogens is 296 g/mol. The summed E-state index contributed by atoms with van der Waals surface area (Å²) in [6.07, 6.45) is 3.64. The van der Waals surface area contributed by atoms with Gasteiger partial charge in [-0.1, -0.05) is 6.07 Å². The third-order valence-electron chi connectivity index (χ3n) is 3.64. The molecule has 0 aliphatic carbocycles. The summed E-state index contributed by atoms with van der Waals surface area (Å²) >= 11 is 1.45. The number of nitrogen functional groups attached to an aromatic ring is 1. The van der Waals surface area contributed by atoms with Crippen molar-refractivity contribution in [3.63, 3.8) is 0 Å². The summed E-state index contributed by atoms with van der Waals surface area (Å²) in [7, 11) is 1.98. The Balaban J connectivity index is 1.59. The highest BCUT2D eigenvalue weighted by molar-refractivity contribution is 7.13. The van der Waals surface area contributed by atoms with Crippen LogP contribution in [0.15, 0.2) is 35.8 Å². The van der Waals surface area contributed by atoms with E-state index >= 15 is 0 Å². The van der Waals surface area contributed by atoms with Crippen LogP contribution in [0.4, 0.5) is 5.13 Å². The molecule has 3 N–H and O–H groups in total. The second-order valence-electron chi connectivity index (χ2n) is 5.20. The van der Waals surface area contributed by atoms with E-state index in [9.17, 15) is 4.79 Å². The van der Waals surface area contributed by atoms with Crippen LogP contribution < -0.4 is 11.1 Å². The van der Waals surface area contributed by atoms with Gasteiger partial charge in [-0.2, -0.15) is 0 Å². The first-order valence-corrected chi connectivity index (χ1v) is 8.05. The Kier molecular flexibility index (Phi) is 4.11. The number of hydrogen-bond donors (Lipinski definition) is 2. The highest BCUT2D eigenvalue weighted by Gasteiger charge is 2.10. The largest absolute Gasteiger partial charge is 0.375 e. The number of aryl methyl sites for hydroxylation is 2. The second-order valence-corrected chi connectivity index (χ2v) is 6.09. The molecule has 3 rings (SSSR count). The average Bonchev–Trinajstić information content (AvgIpc) is 3.10. The van der Waals surface area contributed by atoms with Crippen LogP contribution in [-0.2, 0) is 13.5 Å². The van der Waals surface area contributed by atoms with Crippen LogP contribution in [0.2, 0.25) is 0 Å². The molecule has 0 spiro atoms. The van der Waals surface area contributed by atoms with E-state index in [0.29, 0.717) is 11.7 Å². The molecule has 1 aromatic carbocycles. The number of benzene rings is 1. The maximum atomic E-state index is 12.3. The smallest absolute Gasteiger partial charge is 0.251 e. The van der Waals surface area contributed by atoms with Crippen molar-refractivity contribution >= 4 is 33.3 Å². The van der Waals surface area contributed by atoms with E-state index in [2.05, 4.69) is 10.3 Å². The predicted molar refractivity (Wildman–Crippen MR) is 90.1 cm³/mol. The average molecular weight is 314 g/mol. The van der Waals surface area contributed by atoms with Crippen molar-refractivity contribution in [1.29, 1.82) is 0 Å². The van der Waals surface area contributed by atoms with Crippen molar-refractivity contribution in [1.82, 2.24) is 14.9 Å². The second kappa shape index (κ2) is 6.19.